The van der Waals surface area contributed by atoms with E-state index in [-0.39, 0.29) is 13.2 Å². The zero-order valence-electron chi connectivity index (χ0n) is 13.8. The number of aliphatic hydroxyl groups is 2. The number of piperidine rings is 1. The normalized spacial score (nSPS) is 18.0. The molecular formula is C18H23ClN2O3. The third kappa shape index (κ3) is 3.64. The van der Waals surface area contributed by atoms with E-state index >= 15 is 0 Å². The molecule has 1 aliphatic rings. The lowest BCUT2D eigenvalue weighted by Gasteiger charge is -2.40. The topological polar surface area (TPSA) is 69.7 Å². The number of aliphatic hydroxyl groups excluding tert-OH is 2. The van der Waals surface area contributed by atoms with Crippen LogP contribution in [0.3, 0.4) is 0 Å². The first-order chi connectivity index (χ1) is 11.5. The van der Waals surface area contributed by atoms with Gasteiger partial charge in [-0.25, -0.2) is 4.98 Å². The molecule has 0 unspecified atom stereocenters. The van der Waals surface area contributed by atoms with Gasteiger partial charge < -0.3 is 14.6 Å². The van der Waals surface area contributed by atoms with Crippen molar-refractivity contribution in [1.29, 1.82) is 0 Å². The number of hydrogen-bond acceptors (Lipinski definition) is 5. The number of benzene rings is 1. The van der Waals surface area contributed by atoms with Gasteiger partial charge in [0.05, 0.1) is 18.9 Å². The summed E-state index contributed by atoms with van der Waals surface area (Å²) in [4.78, 5) is 6.85. The number of halogens is 1. The lowest BCUT2D eigenvalue weighted by molar-refractivity contribution is -0.0136. The van der Waals surface area contributed by atoms with Crippen LogP contribution in [-0.2, 0) is 6.54 Å². The van der Waals surface area contributed by atoms with Crippen LogP contribution in [-0.4, -0.2) is 46.4 Å². The summed E-state index contributed by atoms with van der Waals surface area (Å²) in [5.41, 5.74) is 1.33. The van der Waals surface area contributed by atoms with Gasteiger partial charge in [-0.05, 0) is 44.5 Å². The smallest absolute Gasteiger partial charge is 0.226 e. The molecule has 0 spiro atoms. The molecule has 130 valence electrons. The maximum Gasteiger partial charge on any atom is 0.226 e. The second kappa shape index (κ2) is 7.23. The number of likely N-dealkylation sites (tertiary alicyclic amines) is 1. The minimum absolute atomic E-state index is 0.00552. The van der Waals surface area contributed by atoms with E-state index in [1.807, 2.05) is 31.2 Å². The average Bonchev–Trinajstić information content (AvgIpc) is 2.96. The quantitative estimate of drug-likeness (QED) is 0.867. The fourth-order valence-electron chi connectivity index (χ4n) is 3.28. The zero-order valence-corrected chi connectivity index (χ0v) is 14.6. The van der Waals surface area contributed by atoms with E-state index in [1.165, 1.54) is 0 Å². The van der Waals surface area contributed by atoms with E-state index in [1.54, 1.807) is 0 Å². The zero-order chi connectivity index (χ0) is 17.2. The highest BCUT2D eigenvalue weighted by Crippen LogP contribution is 2.31. The summed E-state index contributed by atoms with van der Waals surface area (Å²) in [5, 5.41) is 19.9. The van der Waals surface area contributed by atoms with E-state index in [2.05, 4.69) is 9.88 Å². The molecule has 1 aliphatic heterocycles. The molecular weight excluding hydrogens is 328 g/mol. The molecule has 24 heavy (non-hydrogen) atoms. The van der Waals surface area contributed by atoms with Crippen molar-refractivity contribution in [3.8, 4) is 11.5 Å². The van der Waals surface area contributed by atoms with Crippen molar-refractivity contribution in [2.45, 2.75) is 26.3 Å². The third-order valence-electron chi connectivity index (χ3n) is 4.75. The summed E-state index contributed by atoms with van der Waals surface area (Å²) >= 11 is 6.04. The second-order valence-corrected chi connectivity index (χ2v) is 7.10. The molecule has 0 aliphatic carbocycles. The first kappa shape index (κ1) is 17.4. The van der Waals surface area contributed by atoms with Gasteiger partial charge in [-0.15, -0.1) is 0 Å². The van der Waals surface area contributed by atoms with Crippen LogP contribution in [0.1, 0.15) is 24.3 Å². The highest BCUT2D eigenvalue weighted by molar-refractivity contribution is 6.30. The standard InChI is InChI=1S/C18H23ClN2O3/c1-13-16(9-21-7-3-6-18(10-21,11-22)12-23)20-17(24-13)14-4-2-5-15(19)8-14/h2,4-5,8,22-23H,3,6-7,9-12H2,1H3. The van der Waals surface area contributed by atoms with Crippen LogP contribution in [0.2, 0.25) is 5.02 Å². The minimum Gasteiger partial charge on any atom is -0.441 e. The van der Waals surface area contributed by atoms with Crippen molar-refractivity contribution < 1.29 is 14.6 Å². The number of aryl methyl sites for hydroxylation is 1. The lowest BCUT2D eigenvalue weighted by atomic mass is 9.81. The number of rotatable bonds is 5. The van der Waals surface area contributed by atoms with Crippen LogP contribution in [0.5, 0.6) is 0 Å². The predicted octanol–water partition coefficient (Wildman–Crippen LogP) is 2.87. The van der Waals surface area contributed by atoms with E-state index in [0.717, 1.165) is 36.4 Å². The maximum atomic E-state index is 9.63. The SMILES string of the molecule is Cc1oc(-c2cccc(Cl)c2)nc1CN1CCCC(CO)(CO)C1. The molecule has 0 saturated carbocycles. The molecule has 0 atom stereocenters. The molecule has 5 nitrogen and oxygen atoms in total. The first-order valence-corrected chi connectivity index (χ1v) is 8.59. The van der Waals surface area contributed by atoms with E-state index < -0.39 is 5.41 Å². The largest absolute Gasteiger partial charge is 0.441 e. The Balaban J connectivity index is 1.76. The van der Waals surface area contributed by atoms with Gasteiger partial charge in [0.15, 0.2) is 0 Å². The molecule has 0 bridgehead atoms. The second-order valence-electron chi connectivity index (χ2n) is 6.66. The van der Waals surface area contributed by atoms with Crippen LogP contribution < -0.4 is 0 Å². The molecule has 6 heteroatoms. The number of nitrogens with zero attached hydrogens (tertiary/aromatic N) is 2. The van der Waals surface area contributed by atoms with Crippen molar-refractivity contribution in [3.05, 3.63) is 40.7 Å². The van der Waals surface area contributed by atoms with Gasteiger partial charge in [0.25, 0.3) is 0 Å². The monoisotopic (exact) mass is 350 g/mol. The Bertz CT molecular complexity index is 697. The third-order valence-corrected chi connectivity index (χ3v) is 4.98. The van der Waals surface area contributed by atoms with E-state index in [9.17, 15) is 10.2 Å². The van der Waals surface area contributed by atoms with Crippen LogP contribution in [0.25, 0.3) is 11.5 Å². The average molecular weight is 351 g/mol. The summed E-state index contributed by atoms with van der Waals surface area (Å²) < 4.78 is 5.81. The highest BCUT2D eigenvalue weighted by atomic mass is 35.5. The summed E-state index contributed by atoms with van der Waals surface area (Å²) in [7, 11) is 0. The molecule has 0 amide bonds. The maximum absolute atomic E-state index is 9.63. The number of aromatic nitrogens is 1. The van der Waals surface area contributed by atoms with Crippen molar-refractivity contribution in [2.75, 3.05) is 26.3 Å². The van der Waals surface area contributed by atoms with Gasteiger partial charge >= 0.3 is 0 Å². The molecule has 2 aromatic rings. The van der Waals surface area contributed by atoms with Crippen molar-refractivity contribution in [1.82, 2.24) is 9.88 Å². The number of oxazole rings is 1. The predicted molar refractivity (Wildman–Crippen MR) is 92.8 cm³/mol. The van der Waals surface area contributed by atoms with E-state index in [0.29, 0.717) is 24.0 Å². The van der Waals surface area contributed by atoms with Crippen LogP contribution >= 0.6 is 11.6 Å². The Morgan fingerprint density at radius 1 is 1.33 bits per heavy atom. The summed E-state index contributed by atoms with van der Waals surface area (Å²) in [5.74, 6) is 1.35. The van der Waals surface area contributed by atoms with E-state index in [4.69, 9.17) is 16.0 Å². The van der Waals surface area contributed by atoms with Gasteiger partial charge in [-0.2, -0.15) is 0 Å². The van der Waals surface area contributed by atoms with Gasteiger partial charge in [0, 0.05) is 29.1 Å². The van der Waals surface area contributed by atoms with Gasteiger partial charge in [-0.1, -0.05) is 17.7 Å². The van der Waals surface area contributed by atoms with Gasteiger partial charge in [0.2, 0.25) is 5.89 Å². The summed E-state index contributed by atoms with van der Waals surface area (Å²) in [6.07, 6.45) is 1.81. The Morgan fingerprint density at radius 2 is 2.12 bits per heavy atom. The van der Waals surface area contributed by atoms with Crippen LogP contribution in [0.15, 0.2) is 28.7 Å². The van der Waals surface area contributed by atoms with Gasteiger partial charge in [0.1, 0.15) is 5.76 Å². The molecule has 1 aromatic carbocycles. The highest BCUT2D eigenvalue weighted by Gasteiger charge is 2.34. The van der Waals surface area contributed by atoms with Crippen LogP contribution in [0, 0.1) is 12.3 Å². The van der Waals surface area contributed by atoms with Crippen LogP contribution in [0.4, 0.5) is 0 Å². The molecule has 2 heterocycles. The van der Waals surface area contributed by atoms with Gasteiger partial charge in [-0.3, -0.25) is 4.90 Å². The Kier molecular flexibility index (Phi) is 5.25. The first-order valence-electron chi connectivity index (χ1n) is 8.21. The molecule has 0 radical (unpaired) electrons. The number of hydrogen-bond donors (Lipinski definition) is 2. The molecule has 1 aromatic heterocycles. The molecule has 1 fully saturated rings. The van der Waals surface area contributed by atoms with Crippen molar-refractivity contribution in [3.63, 3.8) is 0 Å². The lowest BCUT2D eigenvalue weighted by Crippen LogP contribution is -2.47. The minimum atomic E-state index is -0.411. The molecule has 3 rings (SSSR count). The Morgan fingerprint density at radius 3 is 2.83 bits per heavy atom. The Hall–Kier alpha value is -1.40. The fraction of sp³-hybridized carbons (Fsp3) is 0.500. The fourth-order valence-corrected chi connectivity index (χ4v) is 3.47. The summed E-state index contributed by atoms with van der Waals surface area (Å²) in [6, 6.07) is 7.45. The van der Waals surface area contributed by atoms with Crippen molar-refractivity contribution >= 4 is 11.6 Å². The molecule has 1 saturated heterocycles. The summed E-state index contributed by atoms with van der Waals surface area (Å²) in [6.45, 7) is 4.17. The molecule has 2 N–H and O–H groups in total. The Labute approximate surface area is 146 Å². The van der Waals surface area contributed by atoms with Crippen molar-refractivity contribution in [2.24, 2.45) is 5.41 Å².